The molecule has 1 saturated heterocycles. The van der Waals surface area contributed by atoms with Gasteiger partial charge in [-0.2, -0.15) is 21.6 Å². The smallest absolute Gasteiger partial charge is 0.494 e. The lowest BCUT2D eigenvalue weighted by molar-refractivity contribution is -0.175. The molecule has 0 unspecified atom stereocenters. The maximum absolute atomic E-state index is 12.9. The van der Waals surface area contributed by atoms with Crippen molar-refractivity contribution in [2.24, 2.45) is 0 Å². The van der Waals surface area contributed by atoms with E-state index in [0.717, 1.165) is 12.8 Å². The summed E-state index contributed by atoms with van der Waals surface area (Å²) in [7, 11) is -5.87. The Hall–Kier alpha value is -1.98. The molecule has 1 spiro atoms. The fraction of sp³-hybridized carbons (Fsp3) is 0.600. The fourth-order valence-corrected chi connectivity index (χ4v) is 4.47. The monoisotopic (exact) mass is 464 g/mol. The van der Waals surface area contributed by atoms with Crippen LogP contribution in [0.2, 0.25) is 0 Å². The van der Waals surface area contributed by atoms with Gasteiger partial charge < -0.3 is 23.1 Å². The second kappa shape index (κ2) is 8.18. The number of ether oxygens (including phenoxy) is 4. The van der Waals surface area contributed by atoms with Crippen molar-refractivity contribution in [3.8, 4) is 11.5 Å². The molecule has 31 heavy (non-hydrogen) atoms. The van der Waals surface area contributed by atoms with Gasteiger partial charge in [0.15, 0.2) is 5.79 Å². The van der Waals surface area contributed by atoms with Crippen molar-refractivity contribution >= 4 is 10.1 Å². The van der Waals surface area contributed by atoms with Crippen LogP contribution in [0.1, 0.15) is 50.5 Å². The highest BCUT2D eigenvalue weighted by Crippen LogP contribution is 2.52. The maximum Gasteiger partial charge on any atom is 0.534 e. The van der Waals surface area contributed by atoms with E-state index >= 15 is 0 Å². The summed E-state index contributed by atoms with van der Waals surface area (Å²) in [4.78, 5) is 0. The van der Waals surface area contributed by atoms with Crippen LogP contribution in [-0.4, -0.2) is 39.5 Å². The topological polar surface area (TPSA) is 80.3 Å². The van der Waals surface area contributed by atoms with Gasteiger partial charge in [-0.25, -0.2) is 0 Å². The van der Waals surface area contributed by atoms with Crippen LogP contribution in [0.5, 0.6) is 11.5 Å². The minimum atomic E-state index is -5.87. The first-order valence-electron chi connectivity index (χ1n) is 10.1. The second-order valence-corrected chi connectivity index (χ2v) is 9.20. The molecule has 1 aliphatic carbocycles. The SMILES string of the molecule is CCCCOc1ccc2c(c1)[C@H]1CC3(CCC1=C(OS(=O)(=O)C(F)(F)F)O2)OCCO3. The van der Waals surface area contributed by atoms with E-state index in [2.05, 4.69) is 4.18 Å². The normalized spacial score (nSPS) is 22.6. The summed E-state index contributed by atoms with van der Waals surface area (Å²) in [5.41, 5.74) is -4.57. The van der Waals surface area contributed by atoms with Crippen molar-refractivity contribution in [2.45, 2.75) is 56.2 Å². The number of rotatable bonds is 6. The Kier molecular flexibility index (Phi) is 5.86. The van der Waals surface area contributed by atoms with Gasteiger partial charge in [-0.1, -0.05) is 13.3 Å². The van der Waals surface area contributed by atoms with Gasteiger partial charge in [-0.15, -0.1) is 0 Å². The second-order valence-electron chi connectivity index (χ2n) is 7.66. The number of unbranched alkanes of at least 4 members (excludes halogenated alkanes) is 1. The summed E-state index contributed by atoms with van der Waals surface area (Å²) in [6, 6.07) is 4.92. The Morgan fingerprint density at radius 2 is 1.97 bits per heavy atom. The largest absolute Gasteiger partial charge is 0.534 e. The summed E-state index contributed by atoms with van der Waals surface area (Å²) in [6.07, 6.45) is 2.70. The van der Waals surface area contributed by atoms with Crippen LogP contribution >= 0.6 is 0 Å². The summed E-state index contributed by atoms with van der Waals surface area (Å²) in [5, 5.41) is 0. The van der Waals surface area contributed by atoms with Crippen LogP contribution in [0.15, 0.2) is 29.7 Å². The van der Waals surface area contributed by atoms with Crippen molar-refractivity contribution < 1.29 is 44.7 Å². The van der Waals surface area contributed by atoms with E-state index in [4.69, 9.17) is 18.9 Å². The molecule has 2 fully saturated rings. The molecule has 0 N–H and O–H groups in total. The first kappa shape index (κ1) is 22.2. The summed E-state index contributed by atoms with van der Waals surface area (Å²) < 4.78 is 89.2. The molecule has 0 radical (unpaired) electrons. The zero-order valence-electron chi connectivity index (χ0n) is 16.9. The van der Waals surface area contributed by atoms with E-state index in [1.165, 1.54) is 6.07 Å². The molecule has 0 amide bonds. The molecule has 3 aliphatic rings. The van der Waals surface area contributed by atoms with Crippen molar-refractivity contribution in [3.05, 3.63) is 35.3 Å². The van der Waals surface area contributed by atoms with E-state index in [-0.39, 0.29) is 12.2 Å². The third-order valence-corrected chi connectivity index (χ3v) is 6.52. The third-order valence-electron chi connectivity index (χ3n) is 5.58. The van der Waals surface area contributed by atoms with Crippen molar-refractivity contribution in [2.75, 3.05) is 19.8 Å². The Bertz CT molecular complexity index is 965. The highest BCUT2D eigenvalue weighted by atomic mass is 32.2. The number of halogens is 3. The van der Waals surface area contributed by atoms with Crippen LogP contribution in [0.25, 0.3) is 0 Å². The van der Waals surface area contributed by atoms with E-state index in [0.29, 0.717) is 49.5 Å². The van der Waals surface area contributed by atoms with Crippen LogP contribution in [0.3, 0.4) is 0 Å². The summed E-state index contributed by atoms with van der Waals surface area (Å²) in [5.74, 6) is -1.21. The lowest BCUT2D eigenvalue weighted by Crippen LogP contribution is -2.39. The number of alkyl halides is 3. The van der Waals surface area contributed by atoms with Crippen molar-refractivity contribution in [1.29, 1.82) is 0 Å². The van der Waals surface area contributed by atoms with E-state index in [1.54, 1.807) is 12.1 Å². The Labute approximate surface area is 178 Å². The molecular weight excluding hydrogens is 441 g/mol. The van der Waals surface area contributed by atoms with Crippen molar-refractivity contribution in [1.82, 2.24) is 0 Å². The van der Waals surface area contributed by atoms with Gasteiger partial charge in [-0.3, -0.25) is 0 Å². The molecule has 0 bridgehead atoms. The number of hydrogen-bond donors (Lipinski definition) is 0. The van der Waals surface area contributed by atoms with Gasteiger partial charge in [0.1, 0.15) is 11.5 Å². The zero-order valence-corrected chi connectivity index (χ0v) is 17.7. The lowest BCUT2D eigenvalue weighted by atomic mass is 9.75. The summed E-state index contributed by atoms with van der Waals surface area (Å²) >= 11 is 0. The summed E-state index contributed by atoms with van der Waals surface area (Å²) in [6.45, 7) is 3.40. The first-order valence-corrected chi connectivity index (χ1v) is 11.5. The molecule has 172 valence electrons. The van der Waals surface area contributed by atoms with E-state index in [1.807, 2.05) is 6.92 Å². The minimum absolute atomic E-state index is 0.202. The Balaban J connectivity index is 1.70. The average Bonchev–Trinajstić information content (AvgIpc) is 3.15. The molecule has 4 rings (SSSR count). The van der Waals surface area contributed by atoms with Gasteiger partial charge in [-0.05, 0) is 31.0 Å². The zero-order chi connectivity index (χ0) is 22.3. The molecule has 2 aliphatic heterocycles. The van der Waals surface area contributed by atoms with Gasteiger partial charge in [0.25, 0.3) is 0 Å². The fourth-order valence-electron chi connectivity index (χ4n) is 4.04. The van der Waals surface area contributed by atoms with Gasteiger partial charge in [0.2, 0.25) is 0 Å². The van der Waals surface area contributed by atoms with E-state index < -0.39 is 33.3 Å². The minimum Gasteiger partial charge on any atom is -0.494 e. The number of fused-ring (bicyclic) bond motifs is 3. The molecule has 1 saturated carbocycles. The lowest BCUT2D eigenvalue weighted by Gasteiger charge is -2.40. The maximum atomic E-state index is 12.9. The highest BCUT2D eigenvalue weighted by molar-refractivity contribution is 7.87. The number of allylic oxidation sites excluding steroid dienone is 1. The van der Waals surface area contributed by atoms with Crippen LogP contribution in [0, 0.1) is 0 Å². The average molecular weight is 464 g/mol. The van der Waals surface area contributed by atoms with Crippen molar-refractivity contribution in [3.63, 3.8) is 0 Å². The molecular formula is C20H23F3O7S. The first-order chi connectivity index (χ1) is 14.6. The van der Waals surface area contributed by atoms with Gasteiger partial charge in [0.05, 0.1) is 19.8 Å². The standard InChI is InChI=1S/C20H23F3O7S/c1-2-3-8-26-13-4-5-17-15(11-13)16-12-19(27-9-10-28-19)7-6-14(16)18(29-17)30-31(24,25)20(21,22)23/h4-5,11,16H,2-3,6-10,12H2,1H3/t16-/m0/s1. The molecule has 1 atom stereocenters. The van der Waals surface area contributed by atoms with Crippen LogP contribution in [0.4, 0.5) is 13.2 Å². The van der Waals surface area contributed by atoms with Crippen LogP contribution in [-0.2, 0) is 23.8 Å². The van der Waals surface area contributed by atoms with Gasteiger partial charge in [0, 0.05) is 29.9 Å². The molecule has 11 heteroatoms. The molecule has 0 aromatic heterocycles. The number of hydrogen-bond acceptors (Lipinski definition) is 7. The molecule has 7 nitrogen and oxygen atoms in total. The van der Waals surface area contributed by atoms with Crippen LogP contribution < -0.4 is 9.47 Å². The molecule has 1 aromatic rings. The predicted octanol–water partition coefficient (Wildman–Crippen LogP) is 4.35. The van der Waals surface area contributed by atoms with Gasteiger partial charge >= 0.3 is 21.6 Å². The highest BCUT2D eigenvalue weighted by Gasteiger charge is 2.52. The molecule has 1 aromatic carbocycles. The van der Waals surface area contributed by atoms with E-state index in [9.17, 15) is 21.6 Å². The quantitative estimate of drug-likeness (QED) is 0.352. The number of benzene rings is 1. The Morgan fingerprint density at radius 3 is 2.65 bits per heavy atom. The Morgan fingerprint density at radius 1 is 1.23 bits per heavy atom. The molecule has 2 heterocycles. The predicted molar refractivity (Wildman–Crippen MR) is 102 cm³/mol. The third kappa shape index (κ3) is 4.35.